The molecule has 1 atom stereocenters. The number of carboxylic acid groups (broad SMARTS) is 1. The van der Waals surface area contributed by atoms with E-state index in [1.165, 1.54) is 11.2 Å². The molecule has 2 aromatic carbocycles. The highest BCUT2D eigenvalue weighted by atomic mass is 16.5. The van der Waals surface area contributed by atoms with Gasteiger partial charge in [0, 0.05) is 25.2 Å². The van der Waals surface area contributed by atoms with Crippen LogP contribution in [-0.4, -0.2) is 62.0 Å². The number of carbonyl (C=O) groups is 2. The molecule has 5 rings (SSSR count). The van der Waals surface area contributed by atoms with E-state index in [9.17, 15) is 14.7 Å². The molecule has 0 aliphatic carbocycles. The van der Waals surface area contributed by atoms with Crippen LogP contribution in [0.3, 0.4) is 0 Å². The second-order valence-corrected chi connectivity index (χ2v) is 9.31. The Morgan fingerprint density at radius 1 is 1.18 bits per heavy atom. The van der Waals surface area contributed by atoms with Crippen molar-refractivity contribution in [2.45, 2.75) is 32.4 Å². The van der Waals surface area contributed by atoms with Crippen LogP contribution in [0, 0.1) is 6.92 Å². The quantitative estimate of drug-likeness (QED) is 0.352. The SMILES string of the molecule is COc1cccc(C)c1C(=O)NCc1ccc(-c2nn([C@@H]3CCCN(C(=O)O)C3)c3ncnc(N)c23)cc1. The fourth-order valence-electron chi connectivity index (χ4n) is 4.93. The zero-order valence-electron chi connectivity index (χ0n) is 21.2. The minimum Gasteiger partial charge on any atom is -0.496 e. The molecule has 4 aromatic rings. The Bertz CT molecular complexity index is 1500. The van der Waals surface area contributed by atoms with Crippen LogP contribution in [0.2, 0.25) is 0 Å². The van der Waals surface area contributed by atoms with Gasteiger partial charge < -0.3 is 25.8 Å². The summed E-state index contributed by atoms with van der Waals surface area (Å²) in [5.74, 6) is 0.636. The number of nitrogens with zero attached hydrogens (tertiary/aromatic N) is 5. The van der Waals surface area contributed by atoms with Crippen molar-refractivity contribution in [3.05, 3.63) is 65.5 Å². The Balaban J connectivity index is 1.39. The maximum Gasteiger partial charge on any atom is 0.407 e. The van der Waals surface area contributed by atoms with Gasteiger partial charge in [-0.2, -0.15) is 5.10 Å². The number of benzene rings is 2. The lowest BCUT2D eigenvalue weighted by Gasteiger charge is -2.30. The van der Waals surface area contributed by atoms with Crippen LogP contribution in [0.1, 0.15) is 40.4 Å². The summed E-state index contributed by atoms with van der Waals surface area (Å²) in [4.78, 5) is 34.4. The number of likely N-dealkylation sites (tertiary alicyclic amines) is 1. The molecule has 3 heterocycles. The van der Waals surface area contributed by atoms with Crippen LogP contribution in [-0.2, 0) is 6.54 Å². The average molecular weight is 516 g/mol. The highest BCUT2D eigenvalue weighted by Gasteiger charge is 2.28. The third kappa shape index (κ3) is 4.70. The predicted octanol–water partition coefficient (Wildman–Crippen LogP) is 3.64. The minimum atomic E-state index is -0.941. The molecule has 2 aromatic heterocycles. The van der Waals surface area contributed by atoms with Gasteiger partial charge in [0.2, 0.25) is 0 Å². The molecular weight excluding hydrogens is 486 g/mol. The van der Waals surface area contributed by atoms with Gasteiger partial charge in [0.05, 0.1) is 24.1 Å². The van der Waals surface area contributed by atoms with Gasteiger partial charge in [0.25, 0.3) is 5.91 Å². The molecule has 0 saturated carbocycles. The van der Waals surface area contributed by atoms with E-state index in [1.807, 2.05) is 43.3 Å². The Hall–Kier alpha value is -4.67. The lowest BCUT2D eigenvalue weighted by atomic mass is 10.1. The molecule has 0 bridgehead atoms. The minimum absolute atomic E-state index is 0.154. The number of nitrogens with one attached hydrogen (secondary N) is 1. The highest BCUT2D eigenvalue weighted by molar-refractivity contribution is 5.99. The van der Waals surface area contributed by atoms with Gasteiger partial charge in [-0.25, -0.2) is 19.4 Å². The van der Waals surface area contributed by atoms with Gasteiger partial charge in [-0.05, 0) is 37.0 Å². The lowest BCUT2D eigenvalue weighted by molar-refractivity contribution is 0.0947. The van der Waals surface area contributed by atoms with Crippen molar-refractivity contribution in [1.29, 1.82) is 0 Å². The van der Waals surface area contributed by atoms with E-state index >= 15 is 0 Å². The number of rotatable bonds is 6. The van der Waals surface area contributed by atoms with Crippen molar-refractivity contribution in [1.82, 2.24) is 30.0 Å². The number of piperidine rings is 1. The Kier molecular flexibility index (Phi) is 6.82. The molecule has 1 aliphatic heterocycles. The largest absolute Gasteiger partial charge is 0.496 e. The summed E-state index contributed by atoms with van der Waals surface area (Å²) in [5.41, 5.74) is 10.5. The van der Waals surface area contributed by atoms with Gasteiger partial charge in [-0.1, -0.05) is 36.4 Å². The Morgan fingerprint density at radius 3 is 2.71 bits per heavy atom. The van der Waals surface area contributed by atoms with E-state index in [1.54, 1.807) is 17.9 Å². The molecule has 2 amide bonds. The molecule has 1 aliphatic rings. The number of amides is 2. The van der Waals surface area contributed by atoms with E-state index in [4.69, 9.17) is 15.6 Å². The normalized spacial score (nSPS) is 15.4. The van der Waals surface area contributed by atoms with Crippen molar-refractivity contribution in [2.24, 2.45) is 0 Å². The molecule has 38 heavy (non-hydrogen) atoms. The number of aromatic nitrogens is 4. The van der Waals surface area contributed by atoms with Crippen molar-refractivity contribution in [3.8, 4) is 17.0 Å². The summed E-state index contributed by atoms with van der Waals surface area (Å²) in [5, 5.41) is 17.9. The van der Waals surface area contributed by atoms with E-state index < -0.39 is 6.09 Å². The molecule has 1 fully saturated rings. The maximum atomic E-state index is 12.8. The van der Waals surface area contributed by atoms with Gasteiger partial charge >= 0.3 is 6.09 Å². The second kappa shape index (κ2) is 10.4. The first-order valence-electron chi connectivity index (χ1n) is 12.3. The average Bonchev–Trinajstić information content (AvgIpc) is 3.33. The zero-order valence-corrected chi connectivity index (χ0v) is 21.2. The molecule has 196 valence electrons. The molecule has 11 heteroatoms. The number of anilines is 1. The smallest absolute Gasteiger partial charge is 0.407 e. The van der Waals surface area contributed by atoms with Crippen LogP contribution in [0.25, 0.3) is 22.3 Å². The summed E-state index contributed by atoms with van der Waals surface area (Å²) in [6, 6.07) is 13.0. The summed E-state index contributed by atoms with van der Waals surface area (Å²) < 4.78 is 7.13. The van der Waals surface area contributed by atoms with Crippen LogP contribution in [0.5, 0.6) is 5.75 Å². The zero-order chi connectivity index (χ0) is 26.8. The molecule has 11 nitrogen and oxygen atoms in total. The van der Waals surface area contributed by atoms with Crippen molar-refractivity contribution in [2.75, 3.05) is 25.9 Å². The number of nitrogen functional groups attached to an aromatic ring is 1. The third-order valence-electron chi connectivity index (χ3n) is 6.89. The first-order chi connectivity index (χ1) is 18.4. The molecule has 0 spiro atoms. The van der Waals surface area contributed by atoms with E-state index in [2.05, 4.69) is 15.3 Å². The van der Waals surface area contributed by atoms with Crippen LogP contribution in [0.4, 0.5) is 10.6 Å². The number of fused-ring (bicyclic) bond motifs is 1. The van der Waals surface area contributed by atoms with E-state index in [-0.39, 0.29) is 11.9 Å². The summed E-state index contributed by atoms with van der Waals surface area (Å²) in [6.07, 6.45) is 1.98. The number of nitrogens with two attached hydrogens (primary N) is 1. The third-order valence-corrected chi connectivity index (χ3v) is 6.89. The number of aryl methyl sites for hydroxylation is 1. The number of carbonyl (C=O) groups excluding carboxylic acids is 1. The monoisotopic (exact) mass is 515 g/mol. The van der Waals surface area contributed by atoms with Gasteiger partial charge in [0.1, 0.15) is 23.6 Å². The lowest BCUT2D eigenvalue weighted by Crippen LogP contribution is -2.40. The van der Waals surface area contributed by atoms with Gasteiger partial charge in [0.15, 0.2) is 5.65 Å². The highest BCUT2D eigenvalue weighted by Crippen LogP contribution is 2.34. The number of hydrogen-bond donors (Lipinski definition) is 3. The number of ether oxygens (including phenoxy) is 1. The number of methoxy groups -OCH3 is 1. The summed E-state index contributed by atoms with van der Waals surface area (Å²) >= 11 is 0. The fraction of sp³-hybridized carbons (Fsp3) is 0.296. The summed E-state index contributed by atoms with van der Waals surface area (Å²) in [6.45, 7) is 3.05. The second-order valence-electron chi connectivity index (χ2n) is 9.31. The van der Waals surface area contributed by atoms with Gasteiger partial charge in [-0.3, -0.25) is 4.79 Å². The summed E-state index contributed by atoms with van der Waals surface area (Å²) in [7, 11) is 1.55. The van der Waals surface area contributed by atoms with Crippen molar-refractivity contribution < 1.29 is 19.4 Å². The number of hydrogen-bond acceptors (Lipinski definition) is 7. The van der Waals surface area contributed by atoms with Crippen molar-refractivity contribution in [3.63, 3.8) is 0 Å². The van der Waals surface area contributed by atoms with Crippen molar-refractivity contribution >= 4 is 28.9 Å². The molecule has 1 saturated heterocycles. The maximum absolute atomic E-state index is 12.8. The Labute approximate surface area is 219 Å². The Morgan fingerprint density at radius 2 is 1.97 bits per heavy atom. The molecular formula is C27H29N7O4. The predicted molar refractivity (Wildman–Crippen MR) is 142 cm³/mol. The topological polar surface area (TPSA) is 148 Å². The van der Waals surface area contributed by atoms with Crippen LogP contribution >= 0.6 is 0 Å². The van der Waals surface area contributed by atoms with Crippen LogP contribution in [0.15, 0.2) is 48.8 Å². The standard InChI is InChI=1S/C27H29N7O4/c1-16-5-3-7-20(38-2)21(16)26(35)29-13-17-8-10-18(11-9-17)23-22-24(28)30-15-31-25(22)34(32-23)19-6-4-12-33(14-19)27(36)37/h3,5,7-11,15,19H,4,6,12-14H2,1-2H3,(H,29,35)(H,36,37)(H2,28,30,31)/t19-/m1/s1. The molecule has 0 unspecified atom stereocenters. The van der Waals surface area contributed by atoms with E-state index in [0.717, 1.165) is 29.5 Å². The van der Waals surface area contributed by atoms with Crippen LogP contribution < -0.4 is 15.8 Å². The molecule has 4 N–H and O–H groups in total. The fourth-order valence-corrected chi connectivity index (χ4v) is 4.93. The first kappa shape index (κ1) is 25.0. The van der Waals surface area contributed by atoms with E-state index in [0.29, 0.717) is 53.5 Å². The van der Waals surface area contributed by atoms with Gasteiger partial charge in [-0.15, -0.1) is 0 Å². The molecule has 0 radical (unpaired) electrons. The first-order valence-corrected chi connectivity index (χ1v) is 12.3.